The van der Waals surface area contributed by atoms with Crippen LogP contribution in [0.2, 0.25) is 0 Å². The number of carbonyl (C=O) groups excluding carboxylic acids is 2. The van der Waals surface area contributed by atoms with Gasteiger partial charge >= 0.3 is 6.09 Å². The molecule has 0 spiro atoms. The summed E-state index contributed by atoms with van der Waals surface area (Å²) in [6, 6.07) is 0. The second kappa shape index (κ2) is 5.23. The molecular weight excluding hydrogens is 254 g/mol. The molecule has 1 aliphatic heterocycles. The fourth-order valence-electron chi connectivity index (χ4n) is 3.13. The van der Waals surface area contributed by atoms with Crippen molar-refractivity contribution in [3.63, 3.8) is 0 Å². The summed E-state index contributed by atoms with van der Waals surface area (Å²) in [5, 5.41) is 0. The van der Waals surface area contributed by atoms with Gasteiger partial charge in [-0.1, -0.05) is 12.5 Å². The van der Waals surface area contributed by atoms with Crippen LogP contribution in [0.4, 0.5) is 4.79 Å². The summed E-state index contributed by atoms with van der Waals surface area (Å²) in [6.07, 6.45) is 1.16. The van der Waals surface area contributed by atoms with Crippen molar-refractivity contribution in [2.45, 2.75) is 53.1 Å². The predicted molar refractivity (Wildman–Crippen MR) is 77.4 cm³/mol. The fraction of sp³-hybridized carbons (Fsp3) is 0.750. The Morgan fingerprint density at radius 2 is 2.00 bits per heavy atom. The Hall–Kier alpha value is -1.32. The van der Waals surface area contributed by atoms with Crippen molar-refractivity contribution in [2.24, 2.45) is 11.8 Å². The SMILES string of the molecule is CC1=C2CCN(C(=O)OC(C)(C)C)C[C@H]2[C@@H](C)CC1=O. The number of likely N-dealkylation sites (tertiary alicyclic amines) is 1. The van der Waals surface area contributed by atoms with Gasteiger partial charge in [-0.3, -0.25) is 4.79 Å². The quantitative estimate of drug-likeness (QED) is 0.684. The van der Waals surface area contributed by atoms with E-state index in [-0.39, 0.29) is 11.9 Å². The molecule has 112 valence electrons. The first-order valence-electron chi connectivity index (χ1n) is 7.40. The van der Waals surface area contributed by atoms with Crippen molar-refractivity contribution in [3.8, 4) is 0 Å². The summed E-state index contributed by atoms with van der Waals surface area (Å²) in [4.78, 5) is 25.9. The van der Waals surface area contributed by atoms with Crippen molar-refractivity contribution in [1.29, 1.82) is 0 Å². The second-order valence-corrected chi connectivity index (χ2v) is 7.04. The molecule has 1 fully saturated rings. The molecule has 0 aromatic carbocycles. The van der Waals surface area contributed by atoms with Crippen molar-refractivity contribution >= 4 is 11.9 Å². The molecule has 2 atom stereocenters. The van der Waals surface area contributed by atoms with Gasteiger partial charge in [0, 0.05) is 25.4 Å². The molecule has 0 N–H and O–H groups in total. The first-order valence-corrected chi connectivity index (χ1v) is 7.40. The normalized spacial score (nSPS) is 27.4. The predicted octanol–water partition coefficient (Wildman–Crippen LogP) is 3.17. The van der Waals surface area contributed by atoms with E-state index >= 15 is 0 Å². The highest BCUT2D eigenvalue weighted by Gasteiger charge is 2.37. The number of allylic oxidation sites excluding steroid dienone is 1. The van der Waals surface area contributed by atoms with Gasteiger partial charge in [0.15, 0.2) is 5.78 Å². The lowest BCUT2D eigenvalue weighted by Crippen LogP contribution is -2.46. The van der Waals surface area contributed by atoms with E-state index in [0.717, 1.165) is 12.0 Å². The number of piperidine rings is 1. The van der Waals surface area contributed by atoms with Gasteiger partial charge in [-0.05, 0) is 45.6 Å². The van der Waals surface area contributed by atoms with Crippen LogP contribution in [-0.2, 0) is 9.53 Å². The Bertz CT molecular complexity index is 459. The Kier molecular flexibility index (Phi) is 3.94. The molecule has 2 aliphatic rings. The monoisotopic (exact) mass is 279 g/mol. The van der Waals surface area contributed by atoms with E-state index in [0.29, 0.717) is 31.3 Å². The first-order chi connectivity index (χ1) is 9.19. The molecule has 1 amide bonds. The Morgan fingerprint density at radius 3 is 2.60 bits per heavy atom. The number of fused-ring (bicyclic) bond motifs is 1. The van der Waals surface area contributed by atoms with E-state index < -0.39 is 5.60 Å². The molecule has 0 aromatic heterocycles. The van der Waals surface area contributed by atoms with Crippen LogP contribution in [0.5, 0.6) is 0 Å². The molecule has 4 nitrogen and oxygen atoms in total. The zero-order valence-electron chi connectivity index (χ0n) is 13.2. The van der Waals surface area contributed by atoms with Crippen LogP contribution in [0.15, 0.2) is 11.1 Å². The zero-order valence-corrected chi connectivity index (χ0v) is 13.2. The van der Waals surface area contributed by atoms with Crippen LogP contribution >= 0.6 is 0 Å². The summed E-state index contributed by atoms with van der Waals surface area (Å²) >= 11 is 0. The highest BCUT2D eigenvalue weighted by molar-refractivity contribution is 5.96. The van der Waals surface area contributed by atoms with Gasteiger partial charge in [0.2, 0.25) is 0 Å². The van der Waals surface area contributed by atoms with Gasteiger partial charge in [-0.25, -0.2) is 4.79 Å². The number of ether oxygens (including phenoxy) is 1. The number of amides is 1. The van der Waals surface area contributed by atoms with E-state index in [1.54, 1.807) is 4.90 Å². The maximum absolute atomic E-state index is 12.2. The van der Waals surface area contributed by atoms with Crippen molar-refractivity contribution in [1.82, 2.24) is 4.90 Å². The molecule has 1 heterocycles. The summed E-state index contributed by atoms with van der Waals surface area (Å²) in [5.74, 6) is 0.898. The Morgan fingerprint density at radius 1 is 1.35 bits per heavy atom. The molecule has 0 radical (unpaired) electrons. The lowest BCUT2D eigenvalue weighted by atomic mass is 9.72. The van der Waals surface area contributed by atoms with Crippen LogP contribution in [0.1, 0.15) is 47.5 Å². The minimum Gasteiger partial charge on any atom is -0.444 e. The van der Waals surface area contributed by atoms with Crippen LogP contribution in [0.25, 0.3) is 0 Å². The van der Waals surface area contributed by atoms with Gasteiger partial charge in [0.05, 0.1) is 0 Å². The van der Waals surface area contributed by atoms with Crippen molar-refractivity contribution in [2.75, 3.05) is 13.1 Å². The number of rotatable bonds is 0. The van der Waals surface area contributed by atoms with Crippen molar-refractivity contribution in [3.05, 3.63) is 11.1 Å². The highest BCUT2D eigenvalue weighted by Crippen LogP contribution is 2.38. The standard InChI is InChI=1S/C16H25NO3/c1-10-8-14(18)11(2)12-6-7-17(9-13(10)12)15(19)20-16(3,4)5/h10,13H,6-9H2,1-5H3/t10-,13-/m0/s1. The number of hydrogen-bond acceptors (Lipinski definition) is 3. The molecule has 1 aliphatic carbocycles. The van der Waals surface area contributed by atoms with E-state index in [9.17, 15) is 9.59 Å². The van der Waals surface area contributed by atoms with Gasteiger partial charge in [-0.2, -0.15) is 0 Å². The third kappa shape index (κ3) is 3.05. The molecule has 4 heteroatoms. The number of hydrogen-bond donors (Lipinski definition) is 0. The molecule has 0 bridgehead atoms. The zero-order chi connectivity index (χ0) is 15.1. The number of Topliss-reactive ketones (excluding diaryl/α,β-unsaturated/α-hetero) is 1. The average molecular weight is 279 g/mol. The molecule has 0 unspecified atom stereocenters. The number of nitrogens with zero attached hydrogens (tertiary/aromatic N) is 1. The van der Waals surface area contributed by atoms with Gasteiger partial charge < -0.3 is 9.64 Å². The largest absolute Gasteiger partial charge is 0.444 e. The number of carbonyl (C=O) groups is 2. The molecule has 2 rings (SSSR count). The molecule has 1 saturated heterocycles. The molecular formula is C16H25NO3. The van der Waals surface area contributed by atoms with Crippen molar-refractivity contribution < 1.29 is 14.3 Å². The topological polar surface area (TPSA) is 46.6 Å². The second-order valence-electron chi connectivity index (χ2n) is 7.04. The summed E-state index contributed by atoms with van der Waals surface area (Å²) in [5.41, 5.74) is 1.72. The maximum atomic E-state index is 12.2. The number of ketones is 1. The fourth-order valence-corrected chi connectivity index (χ4v) is 3.13. The van der Waals surface area contributed by atoms with Gasteiger partial charge in [-0.15, -0.1) is 0 Å². The molecule has 0 saturated carbocycles. The van der Waals surface area contributed by atoms with E-state index in [1.807, 2.05) is 27.7 Å². The minimum absolute atomic E-state index is 0.238. The van der Waals surface area contributed by atoms with Crippen LogP contribution in [0, 0.1) is 11.8 Å². The van der Waals surface area contributed by atoms with Crippen LogP contribution in [-0.4, -0.2) is 35.5 Å². The maximum Gasteiger partial charge on any atom is 0.410 e. The third-order valence-corrected chi connectivity index (χ3v) is 4.26. The van der Waals surface area contributed by atoms with Crippen LogP contribution in [0.3, 0.4) is 0 Å². The van der Waals surface area contributed by atoms with E-state index in [2.05, 4.69) is 6.92 Å². The molecule has 0 aromatic rings. The third-order valence-electron chi connectivity index (χ3n) is 4.26. The van der Waals surface area contributed by atoms with E-state index in [1.165, 1.54) is 5.57 Å². The average Bonchev–Trinajstić information content (AvgIpc) is 2.33. The minimum atomic E-state index is -0.461. The summed E-state index contributed by atoms with van der Waals surface area (Å²) in [6.45, 7) is 11.0. The van der Waals surface area contributed by atoms with Gasteiger partial charge in [0.25, 0.3) is 0 Å². The van der Waals surface area contributed by atoms with E-state index in [4.69, 9.17) is 4.74 Å². The summed E-state index contributed by atoms with van der Waals surface area (Å²) in [7, 11) is 0. The smallest absolute Gasteiger partial charge is 0.410 e. The lowest BCUT2D eigenvalue weighted by molar-refractivity contribution is -0.117. The van der Waals surface area contributed by atoms with Gasteiger partial charge in [0.1, 0.15) is 5.60 Å². The Labute approximate surface area is 121 Å². The molecule has 20 heavy (non-hydrogen) atoms. The first kappa shape index (κ1) is 15.1. The van der Waals surface area contributed by atoms with Crippen LogP contribution < -0.4 is 0 Å². The Balaban J connectivity index is 2.11. The highest BCUT2D eigenvalue weighted by atomic mass is 16.6. The summed E-state index contributed by atoms with van der Waals surface area (Å²) < 4.78 is 5.44. The lowest BCUT2D eigenvalue weighted by Gasteiger charge is -2.41.